The third-order valence-corrected chi connectivity index (χ3v) is 5.32. The molecular weight excluding hydrogens is 378 g/mol. The Morgan fingerprint density at radius 3 is 2.45 bits per heavy atom. The van der Waals surface area contributed by atoms with Gasteiger partial charge in [-0.15, -0.1) is 16.4 Å². The van der Waals surface area contributed by atoms with Gasteiger partial charge in [-0.2, -0.15) is 5.10 Å². The second-order valence-corrected chi connectivity index (χ2v) is 7.40. The Balaban J connectivity index is 1.79. The molecule has 4 rings (SSSR count). The third kappa shape index (κ3) is 4.36. The molecule has 0 atom stereocenters. The number of hydrogen-bond donors (Lipinski definition) is 0. The van der Waals surface area contributed by atoms with Gasteiger partial charge < -0.3 is 4.74 Å². The van der Waals surface area contributed by atoms with Gasteiger partial charge in [0, 0.05) is 11.1 Å². The molecule has 4 nitrogen and oxygen atoms in total. The van der Waals surface area contributed by atoms with Crippen molar-refractivity contribution in [1.29, 1.82) is 0 Å². The van der Waals surface area contributed by atoms with E-state index < -0.39 is 0 Å². The first-order chi connectivity index (χ1) is 14.2. The topological polar surface area (TPSA) is 38.9 Å². The van der Waals surface area contributed by atoms with Crippen molar-refractivity contribution in [3.8, 4) is 22.7 Å². The zero-order chi connectivity index (χ0) is 20.1. The normalized spacial score (nSPS) is 11.9. The number of rotatable bonds is 5. The highest BCUT2D eigenvalue weighted by molar-refractivity contribution is 7.07. The smallest absolute Gasteiger partial charge is 0.215 e. The fraction of sp³-hybridized carbons (Fsp3) is 0.0833. The number of para-hydroxylation sites is 1. The van der Waals surface area contributed by atoms with Crippen LogP contribution in [0.25, 0.3) is 16.9 Å². The molecule has 0 bridgehead atoms. The number of nitrogens with zero attached hydrogens (tertiary/aromatic N) is 3. The first-order valence-corrected chi connectivity index (χ1v) is 10.2. The van der Waals surface area contributed by atoms with E-state index in [1.165, 1.54) is 5.56 Å². The lowest BCUT2D eigenvalue weighted by Gasteiger charge is -2.09. The predicted octanol–water partition coefficient (Wildman–Crippen LogP) is 5.46. The largest absolute Gasteiger partial charge is 0.497 e. The van der Waals surface area contributed by atoms with E-state index >= 15 is 0 Å². The van der Waals surface area contributed by atoms with Gasteiger partial charge in [-0.1, -0.05) is 48.0 Å². The number of hydrogen-bond acceptors (Lipinski definition) is 4. The number of benzene rings is 3. The van der Waals surface area contributed by atoms with Crippen LogP contribution in [-0.4, -0.2) is 17.9 Å². The van der Waals surface area contributed by atoms with Crippen molar-refractivity contribution in [3.63, 3.8) is 0 Å². The van der Waals surface area contributed by atoms with Crippen LogP contribution in [-0.2, 0) is 0 Å². The Bertz CT molecular complexity index is 1190. The maximum Gasteiger partial charge on any atom is 0.215 e. The lowest BCUT2D eigenvalue weighted by molar-refractivity contribution is 0.415. The predicted molar refractivity (Wildman–Crippen MR) is 120 cm³/mol. The monoisotopic (exact) mass is 399 g/mol. The summed E-state index contributed by atoms with van der Waals surface area (Å²) in [5, 5.41) is 11.0. The number of ether oxygens (including phenoxy) is 1. The molecule has 29 heavy (non-hydrogen) atoms. The second kappa shape index (κ2) is 8.71. The third-order valence-electron chi connectivity index (χ3n) is 4.50. The van der Waals surface area contributed by atoms with Crippen molar-refractivity contribution >= 4 is 17.6 Å². The second-order valence-electron chi connectivity index (χ2n) is 6.56. The summed E-state index contributed by atoms with van der Waals surface area (Å²) in [6, 6.07) is 26.4. The number of aryl methyl sites for hydroxylation is 1. The van der Waals surface area contributed by atoms with Gasteiger partial charge in [0.15, 0.2) is 0 Å². The van der Waals surface area contributed by atoms with E-state index in [2.05, 4.69) is 63.5 Å². The molecule has 144 valence electrons. The summed E-state index contributed by atoms with van der Waals surface area (Å²) in [5.41, 5.74) is 5.44. The van der Waals surface area contributed by atoms with Gasteiger partial charge in [0.05, 0.1) is 19.0 Å². The molecule has 0 aliphatic carbocycles. The maximum absolute atomic E-state index is 5.29. The Labute approximate surface area is 174 Å². The van der Waals surface area contributed by atoms with Gasteiger partial charge >= 0.3 is 0 Å². The molecule has 0 amide bonds. The van der Waals surface area contributed by atoms with Crippen LogP contribution >= 0.6 is 11.3 Å². The van der Waals surface area contributed by atoms with E-state index in [9.17, 15) is 0 Å². The zero-order valence-electron chi connectivity index (χ0n) is 16.3. The summed E-state index contributed by atoms with van der Waals surface area (Å²) in [6.07, 6.45) is 1.79. The highest BCUT2D eigenvalue weighted by atomic mass is 32.1. The fourth-order valence-electron chi connectivity index (χ4n) is 3.07. The average Bonchev–Trinajstić information content (AvgIpc) is 3.18. The van der Waals surface area contributed by atoms with Crippen LogP contribution in [0.4, 0.5) is 0 Å². The molecule has 0 spiro atoms. The van der Waals surface area contributed by atoms with Crippen LogP contribution in [0.2, 0.25) is 0 Å². The molecule has 0 unspecified atom stereocenters. The van der Waals surface area contributed by atoms with E-state index in [4.69, 9.17) is 4.74 Å². The maximum atomic E-state index is 5.29. The van der Waals surface area contributed by atoms with Crippen molar-refractivity contribution in [2.75, 3.05) is 7.11 Å². The summed E-state index contributed by atoms with van der Waals surface area (Å²) in [6.45, 7) is 2.07. The van der Waals surface area contributed by atoms with Crippen LogP contribution in [0.15, 0.2) is 94.4 Å². The molecule has 0 fully saturated rings. The summed E-state index contributed by atoms with van der Waals surface area (Å²) >= 11 is 1.57. The fourth-order valence-corrected chi connectivity index (χ4v) is 3.93. The molecule has 1 heterocycles. The number of aromatic nitrogens is 1. The molecule has 3 aromatic carbocycles. The van der Waals surface area contributed by atoms with Gasteiger partial charge in [-0.3, -0.25) is 4.57 Å². The molecule has 5 heteroatoms. The Hall–Kier alpha value is -3.44. The molecular formula is C24H21N3OS. The van der Waals surface area contributed by atoms with Crippen LogP contribution in [0.1, 0.15) is 11.1 Å². The van der Waals surface area contributed by atoms with Crippen LogP contribution in [0, 0.1) is 6.92 Å². The lowest BCUT2D eigenvalue weighted by Crippen LogP contribution is -2.13. The zero-order valence-corrected chi connectivity index (χ0v) is 17.1. The van der Waals surface area contributed by atoms with Crippen molar-refractivity contribution in [2.45, 2.75) is 6.92 Å². The van der Waals surface area contributed by atoms with Crippen molar-refractivity contribution in [2.24, 2.45) is 10.2 Å². The van der Waals surface area contributed by atoms with E-state index in [-0.39, 0.29) is 0 Å². The Morgan fingerprint density at radius 2 is 1.72 bits per heavy atom. The minimum atomic E-state index is 0.811. The summed E-state index contributed by atoms with van der Waals surface area (Å²) in [7, 11) is 1.67. The first-order valence-electron chi connectivity index (χ1n) is 9.29. The molecule has 0 saturated heterocycles. The van der Waals surface area contributed by atoms with Gasteiger partial charge in [0.2, 0.25) is 4.80 Å². The van der Waals surface area contributed by atoms with Gasteiger partial charge in [0.25, 0.3) is 0 Å². The van der Waals surface area contributed by atoms with Crippen LogP contribution in [0.3, 0.4) is 0 Å². The molecule has 0 aliphatic heterocycles. The number of thiazole rings is 1. The molecule has 0 saturated carbocycles. The summed E-state index contributed by atoms with van der Waals surface area (Å²) in [4.78, 5) is 0.811. The van der Waals surface area contributed by atoms with Crippen molar-refractivity contribution in [3.05, 3.63) is 100 Å². The van der Waals surface area contributed by atoms with Gasteiger partial charge in [0.1, 0.15) is 5.75 Å². The van der Waals surface area contributed by atoms with E-state index in [1.54, 1.807) is 24.7 Å². The summed E-state index contributed by atoms with van der Waals surface area (Å²) in [5.74, 6) is 0.836. The Morgan fingerprint density at radius 1 is 0.931 bits per heavy atom. The van der Waals surface area contributed by atoms with E-state index in [0.29, 0.717) is 0 Å². The van der Waals surface area contributed by atoms with Gasteiger partial charge in [-0.25, -0.2) is 0 Å². The lowest BCUT2D eigenvalue weighted by atomic mass is 10.1. The molecule has 0 radical (unpaired) electrons. The van der Waals surface area contributed by atoms with E-state index in [1.807, 2.05) is 42.5 Å². The molecule has 0 aliphatic rings. The number of methoxy groups -OCH3 is 1. The van der Waals surface area contributed by atoms with E-state index in [0.717, 1.165) is 33.1 Å². The van der Waals surface area contributed by atoms with Crippen molar-refractivity contribution in [1.82, 2.24) is 4.57 Å². The highest BCUT2D eigenvalue weighted by Gasteiger charge is 2.10. The average molecular weight is 400 g/mol. The highest BCUT2D eigenvalue weighted by Crippen LogP contribution is 2.25. The minimum Gasteiger partial charge on any atom is -0.497 e. The standard InChI is InChI=1S/C24H21N3OS/c1-18-7-6-8-19(15-18)16-25-26-24-27(21-9-4-3-5-10-21)23(17-29-24)20-11-13-22(28-2)14-12-20/h3-17H,1-2H3/b25-16+,26-24-. The van der Waals surface area contributed by atoms with Crippen molar-refractivity contribution < 1.29 is 4.74 Å². The first kappa shape index (κ1) is 18.9. The van der Waals surface area contributed by atoms with Crippen LogP contribution < -0.4 is 9.54 Å². The molecule has 1 aromatic heterocycles. The SMILES string of the molecule is COc1ccc(-c2cs/c(=N\N=C\c3cccc(C)c3)n2-c2ccccc2)cc1. The molecule has 4 aromatic rings. The minimum absolute atomic E-state index is 0.811. The Kier molecular flexibility index (Phi) is 5.68. The molecule has 0 N–H and O–H groups in total. The van der Waals surface area contributed by atoms with Gasteiger partial charge in [-0.05, 0) is 54.4 Å². The quantitative estimate of drug-likeness (QED) is 0.324. The summed E-state index contributed by atoms with van der Waals surface area (Å²) < 4.78 is 7.41. The van der Waals surface area contributed by atoms with Crippen LogP contribution in [0.5, 0.6) is 5.75 Å².